The summed E-state index contributed by atoms with van der Waals surface area (Å²) in [6.07, 6.45) is 2.68. The van der Waals surface area contributed by atoms with Crippen molar-refractivity contribution in [1.29, 1.82) is 0 Å². The lowest BCUT2D eigenvalue weighted by Crippen LogP contribution is -2.38. The Labute approximate surface area is 153 Å². The molecule has 1 aliphatic rings. The molecule has 2 atom stereocenters. The minimum absolute atomic E-state index is 0.293. The van der Waals surface area contributed by atoms with Crippen LogP contribution in [0.5, 0.6) is 0 Å². The van der Waals surface area contributed by atoms with Gasteiger partial charge in [-0.2, -0.15) is 0 Å². The topological polar surface area (TPSA) is 59.9 Å². The van der Waals surface area contributed by atoms with E-state index in [1.807, 2.05) is 48.5 Å². The number of hydrogen-bond acceptors (Lipinski definition) is 5. The van der Waals surface area contributed by atoms with Crippen LogP contribution in [0.1, 0.15) is 6.92 Å². The SMILES string of the molecule is C=C1OC(C(=O)OCC)C(Nc2cccc3ccccc23)/C1=C/C=NC. The fraction of sp³-hybridized carbons (Fsp3) is 0.238. The Bertz CT molecular complexity index is 880. The van der Waals surface area contributed by atoms with Gasteiger partial charge in [0.25, 0.3) is 0 Å². The van der Waals surface area contributed by atoms with Crippen LogP contribution in [0.15, 0.2) is 71.4 Å². The average Bonchev–Trinajstić information content (AvgIpc) is 2.96. The fourth-order valence-electron chi connectivity index (χ4n) is 3.06. The molecule has 1 heterocycles. The summed E-state index contributed by atoms with van der Waals surface area (Å²) in [5, 5.41) is 5.63. The first-order valence-electron chi connectivity index (χ1n) is 8.55. The van der Waals surface area contributed by atoms with Crippen molar-refractivity contribution in [3.63, 3.8) is 0 Å². The molecule has 0 spiro atoms. The quantitative estimate of drug-likeness (QED) is 0.659. The van der Waals surface area contributed by atoms with Gasteiger partial charge in [0.05, 0.1) is 6.61 Å². The van der Waals surface area contributed by atoms with Crippen LogP contribution in [-0.2, 0) is 14.3 Å². The molecule has 5 nitrogen and oxygen atoms in total. The highest BCUT2D eigenvalue weighted by molar-refractivity contribution is 5.94. The third kappa shape index (κ3) is 3.47. The van der Waals surface area contributed by atoms with Gasteiger partial charge in [-0.1, -0.05) is 43.0 Å². The number of benzene rings is 2. The first-order chi connectivity index (χ1) is 12.7. The van der Waals surface area contributed by atoms with E-state index in [4.69, 9.17) is 9.47 Å². The van der Waals surface area contributed by atoms with Crippen molar-refractivity contribution in [2.45, 2.75) is 19.1 Å². The second-order valence-corrected chi connectivity index (χ2v) is 5.89. The highest BCUT2D eigenvalue weighted by Gasteiger charge is 2.42. The molecule has 1 aliphatic heterocycles. The lowest BCUT2D eigenvalue weighted by molar-refractivity contribution is -0.152. The summed E-state index contributed by atoms with van der Waals surface area (Å²) in [6, 6.07) is 13.7. The Morgan fingerprint density at radius 1 is 1.31 bits per heavy atom. The van der Waals surface area contributed by atoms with Gasteiger partial charge in [-0.15, -0.1) is 0 Å². The summed E-state index contributed by atoms with van der Waals surface area (Å²) in [7, 11) is 1.69. The van der Waals surface area contributed by atoms with Crippen LogP contribution < -0.4 is 5.32 Å². The van der Waals surface area contributed by atoms with Crippen LogP contribution in [0.3, 0.4) is 0 Å². The molecule has 1 N–H and O–H groups in total. The molecule has 0 amide bonds. The lowest BCUT2D eigenvalue weighted by Gasteiger charge is -2.20. The second kappa shape index (κ2) is 7.87. The van der Waals surface area contributed by atoms with Gasteiger partial charge in [0.2, 0.25) is 6.10 Å². The maximum Gasteiger partial charge on any atom is 0.349 e. The van der Waals surface area contributed by atoms with Crippen molar-refractivity contribution >= 4 is 28.6 Å². The number of aliphatic imine (C=N–C) groups is 1. The molecule has 1 fully saturated rings. The number of carbonyl (C=O) groups excluding carboxylic acids is 1. The number of allylic oxidation sites excluding steroid dienone is 1. The van der Waals surface area contributed by atoms with Crippen LogP contribution in [0.25, 0.3) is 10.8 Å². The molecule has 2 aromatic carbocycles. The molecule has 1 saturated heterocycles. The van der Waals surface area contributed by atoms with E-state index in [9.17, 15) is 4.79 Å². The van der Waals surface area contributed by atoms with Crippen LogP contribution >= 0.6 is 0 Å². The van der Waals surface area contributed by atoms with Gasteiger partial charge in [-0.05, 0) is 24.5 Å². The molecular weight excluding hydrogens is 328 g/mol. The zero-order chi connectivity index (χ0) is 18.5. The van der Waals surface area contributed by atoms with Gasteiger partial charge < -0.3 is 14.8 Å². The highest BCUT2D eigenvalue weighted by Crippen LogP contribution is 2.33. The monoisotopic (exact) mass is 350 g/mol. The molecular formula is C21H22N2O3. The number of hydrogen-bond donors (Lipinski definition) is 1. The molecule has 0 aromatic heterocycles. The summed E-state index contributed by atoms with van der Waals surface area (Å²) in [5.74, 6) is 0.0314. The summed E-state index contributed by atoms with van der Waals surface area (Å²) in [4.78, 5) is 16.4. The number of fused-ring (bicyclic) bond motifs is 1. The number of rotatable bonds is 5. The highest BCUT2D eigenvalue weighted by atomic mass is 16.6. The largest absolute Gasteiger partial charge is 0.476 e. The maximum absolute atomic E-state index is 12.4. The van der Waals surface area contributed by atoms with Gasteiger partial charge in [-0.25, -0.2) is 4.79 Å². The number of esters is 1. The predicted octanol–water partition coefficient (Wildman–Crippen LogP) is 3.72. The zero-order valence-electron chi connectivity index (χ0n) is 14.9. The Hall–Kier alpha value is -3.08. The number of nitrogens with zero attached hydrogens (tertiary/aromatic N) is 1. The van der Waals surface area contributed by atoms with Crippen LogP contribution in [0, 0.1) is 0 Å². The first kappa shape index (κ1) is 17.7. The van der Waals surface area contributed by atoms with Gasteiger partial charge in [0, 0.05) is 29.9 Å². The summed E-state index contributed by atoms with van der Waals surface area (Å²) < 4.78 is 10.9. The Morgan fingerprint density at radius 3 is 2.85 bits per heavy atom. The minimum Gasteiger partial charge on any atom is -0.476 e. The second-order valence-electron chi connectivity index (χ2n) is 5.89. The number of ether oxygens (including phenoxy) is 2. The van der Waals surface area contributed by atoms with Crippen molar-refractivity contribution in [3.05, 3.63) is 66.5 Å². The Balaban J connectivity index is 2.00. The summed E-state index contributed by atoms with van der Waals surface area (Å²) >= 11 is 0. The van der Waals surface area contributed by atoms with Crippen molar-refractivity contribution in [2.24, 2.45) is 4.99 Å². The summed E-state index contributed by atoms with van der Waals surface area (Å²) in [5.41, 5.74) is 1.70. The van der Waals surface area contributed by atoms with E-state index >= 15 is 0 Å². The fourth-order valence-corrected chi connectivity index (χ4v) is 3.06. The molecule has 0 radical (unpaired) electrons. The maximum atomic E-state index is 12.4. The number of nitrogens with one attached hydrogen (secondary N) is 1. The van der Waals surface area contributed by atoms with Crippen LogP contribution in [0.2, 0.25) is 0 Å². The zero-order valence-corrected chi connectivity index (χ0v) is 14.9. The van der Waals surface area contributed by atoms with E-state index < -0.39 is 18.1 Å². The summed E-state index contributed by atoms with van der Waals surface area (Å²) in [6.45, 7) is 6.00. The lowest BCUT2D eigenvalue weighted by atomic mass is 10.0. The smallest absolute Gasteiger partial charge is 0.349 e. The van der Waals surface area contributed by atoms with E-state index in [0.717, 1.165) is 22.0 Å². The van der Waals surface area contributed by atoms with E-state index in [1.54, 1.807) is 20.2 Å². The Kier molecular flexibility index (Phi) is 5.37. The van der Waals surface area contributed by atoms with Crippen molar-refractivity contribution < 1.29 is 14.3 Å². The van der Waals surface area contributed by atoms with E-state index in [1.165, 1.54) is 0 Å². The van der Waals surface area contributed by atoms with Crippen molar-refractivity contribution in [3.8, 4) is 0 Å². The predicted molar refractivity (Wildman–Crippen MR) is 105 cm³/mol. The van der Waals surface area contributed by atoms with Gasteiger partial charge >= 0.3 is 5.97 Å². The van der Waals surface area contributed by atoms with Crippen LogP contribution in [0.4, 0.5) is 5.69 Å². The van der Waals surface area contributed by atoms with E-state index in [-0.39, 0.29) is 0 Å². The van der Waals surface area contributed by atoms with E-state index in [0.29, 0.717) is 12.4 Å². The van der Waals surface area contributed by atoms with E-state index in [2.05, 4.69) is 16.9 Å². The molecule has 0 bridgehead atoms. The van der Waals surface area contributed by atoms with Crippen molar-refractivity contribution in [2.75, 3.05) is 19.0 Å². The standard InChI is InChI=1S/C21H22N2O3/c1-4-25-21(24)20-19(16(12-13-22-3)14(2)26-20)23-18-11-7-9-15-8-5-6-10-17(15)18/h5-13,19-20,23H,2,4H2,1,3H3/b16-12+,22-13?. The number of anilines is 1. The van der Waals surface area contributed by atoms with Crippen molar-refractivity contribution in [1.82, 2.24) is 0 Å². The third-order valence-corrected chi connectivity index (χ3v) is 4.25. The van der Waals surface area contributed by atoms with Gasteiger partial charge in [0.15, 0.2) is 0 Å². The van der Waals surface area contributed by atoms with Gasteiger partial charge in [0.1, 0.15) is 11.8 Å². The van der Waals surface area contributed by atoms with Gasteiger partial charge in [-0.3, -0.25) is 4.99 Å². The molecule has 0 saturated carbocycles. The Morgan fingerprint density at radius 2 is 2.08 bits per heavy atom. The molecule has 2 aromatic rings. The normalized spacial score (nSPS) is 21.3. The van der Waals surface area contributed by atoms with Crippen LogP contribution in [-0.4, -0.2) is 38.0 Å². The first-order valence-corrected chi connectivity index (χ1v) is 8.55. The third-order valence-electron chi connectivity index (χ3n) is 4.25. The average molecular weight is 350 g/mol. The minimum atomic E-state index is -0.794. The molecule has 26 heavy (non-hydrogen) atoms. The molecule has 5 heteroatoms. The number of carbonyl (C=O) groups is 1. The molecule has 134 valence electrons. The molecule has 2 unspecified atom stereocenters. The molecule has 0 aliphatic carbocycles. The molecule has 3 rings (SSSR count).